The molecule has 2 nitrogen and oxygen atoms in total. The third-order valence-electron chi connectivity index (χ3n) is 1.23. The zero-order valence-corrected chi connectivity index (χ0v) is 5.74. The lowest BCUT2D eigenvalue weighted by Gasteiger charge is -2.16. The van der Waals surface area contributed by atoms with Crippen molar-refractivity contribution in [2.24, 2.45) is 0 Å². The summed E-state index contributed by atoms with van der Waals surface area (Å²) in [5, 5.41) is 0. The molecular formula is C5H2F6O2. The molecule has 1 rings (SSSR count). The van der Waals surface area contributed by atoms with Crippen molar-refractivity contribution in [2.45, 2.75) is 18.5 Å². The van der Waals surface area contributed by atoms with Gasteiger partial charge >= 0.3 is 12.4 Å². The lowest BCUT2D eigenvalue weighted by Crippen LogP contribution is -2.35. The molecule has 0 aromatic rings. The highest BCUT2D eigenvalue weighted by Crippen LogP contribution is 2.40. The lowest BCUT2D eigenvalue weighted by atomic mass is 10.1. The summed E-state index contributed by atoms with van der Waals surface area (Å²) in [4.78, 5) is 6.94. The van der Waals surface area contributed by atoms with Gasteiger partial charge in [0.2, 0.25) is 6.10 Å². The maximum absolute atomic E-state index is 11.8. The first-order valence-corrected chi connectivity index (χ1v) is 2.89. The van der Waals surface area contributed by atoms with Gasteiger partial charge in [-0.2, -0.15) is 31.2 Å². The normalized spacial score (nSPS) is 24.2. The minimum Gasteiger partial charge on any atom is -0.344 e. The molecule has 1 aliphatic heterocycles. The Balaban J connectivity index is 2.87. The average Bonchev–Trinajstić information content (AvgIpc) is 2.27. The first-order valence-electron chi connectivity index (χ1n) is 2.89. The third-order valence-corrected chi connectivity index (χ3v) is 1.23. The number of alkyl halides is 6. The van der Waals surface area contributed by atoms with E-state index in [-0.39, 0.29) is 6.26 Å². The highest BCUT2D eigenvalue weighted by molar-refractivity contribution is 5.16. The van der Waals surface area contributed by atoms with Crippen LogP contribution in [0.3, 0.4) is 0 Å². The predicted molar refractivity (Wildman–Crippen MR) is 26.2 cm³/mol. The zero-order valence-electron chi connectivity index (χ0n) is 5.74. The van der Waals surface area contributed by atoms with Crippen LogP contribution in [0.1, 0.15) is 0 Å². The van der Waals surface area contributed by atoms with Crippen LogP contribution in [0.25, 0.3) is 0 Å². The average molecular weight is 208 g/mol. The van der Waals surface area contributed by atoms with E-state index in [9.17, 15) is 26.3 Å². The maximum atomic E-state index is 11.8. The molecule has 0 saturated heterocycles. The van der Waals surface area contributed by atoms with Crippen LogP contribution in [0.5, 0.6) is 0 Å². The molecule has 13 heavy (non-hydrogen) atoms. The second kappa shape index (κ2) is 2.79. The molecule has 0 aromatic carbocycles. The lowest BCUT2D eigenvalue weighted by molar-refractivity contribution is -0.327. The van der Waals surface area contributed by atoms with Crippen LogP contribution in [-0.2, 0) is 9.78 Å². The van der Waals surface area contributed by atoms with Crippen molar-refractivity contribution in [3.63, 3.8) is 0 Å². The largest absolute Gasteiger partial charge is 0.423 e. The van der Waals surface area contributed by atoms with Crippen molar-refractivity contribution in [3.8, 4) is 0 Å². The molecule has 0 radical (unpaired) electrons. The third kappa shape index (κ3) is 2.06. The molecular weight excluding hydrogens is 206 g/mol. The standard InChI is InChI=1S/C5H2F6O2/c6-4(7,8)2-1-12-13-3(2)5(9,10)11/h1,3H. The summed E-state index contributed by atoms with van der Waals surface area (Å²) in [7, 11) is 0. The van der Waals surface area contributed by atoms with Crippen LogP contribution >= 0.6 is 0 Å². The molecule has 0 aromatic heterocycles. The Hall–Kier alpha value is -0.920. The summed E-state index contributed by atoms with van der Waals surface area (Å²) in [5.41, 5.74) is -1.89. The fraction of sp³-hybridized carbons (Fsp3) is 0.600. The van der Waals surface area contributed by atoms with Crippen molar-refractivity contribution < 1.29 is 36.1 Å². The van der Waals surface area contributed by atoms with E-state index in [1.54, 1.807) is 0 Å². The van der Waals surface area contributed by atoms with E-state index in [1.165, 1.54) is 0 Å². The van der Waals surface area contributed by atoms with Crippen LogP contribution in [0, 0.1) is 0 Å². The highest BCUT2D eigenvalue weighted by Gasteiger charge is 2.56. The quantitative estimate of drug-likeness (QED) is 0.449. The summed E-state index contributed by atoms with van der Waals surface area (Å²) in [6.45, 7) is 0. The maximum Gasteiger partial charge on any atom is 0.423 e. The van der Waals surface area contributed by atoms with E-state index >= 15 is 0 Å². The number of halogens is 6. The van der Waals surface area contributed by atoms with Crippen LogP contribution < -0.4 is 0 Å². The minimum absolute atomic E-state index is 0.0991. The summed E-state index contributed by atoms with van der Waals surface area (Å²) in [6, 6.07) is 0. The fourth-order valence-corrected chi connectivity index (χ4v) is 0.695. The van der Waals surface area contributed by atoms with Crippen molar-refractivity contribution >= 4 is 0 Å². The van der Waals surface area contributed by atoms with Crippen LogP contribution in [0.2, 0.25) is 0 Å². The zero-order chi connectivity index (χ0) is 10.3. The molecule has 0 amide bonds. The topological polar surface area (TPSA) is 18.5 Å². The Labute approximate surface area is 67.7 Å². The van der Waals surface area contributed by atoms with Gasteiger partial charge < -0.3 is 4.89 Å². The molecule has 0 fully saturated rings. The minimum atomic E-state index is -5.13. The smallest absolute Gasteiger partial charge is 0.344 e. The summed E-state index contributed by atoms with van der Waals surface area (Å²) >= 11 is 0. The Morgan fingerprint density at radius 3 is 1.92 bits per heavy atom. The molecule has 8 heteroatoms. The summed E-state index contributed by atoms with van der Waals surface area (Å²) in [6.07, 6.45) is -13.4. The van der Waals surface area contributed by atoms with Gasteiger partial charge in [0.25, 0.3) is 0 Å². The van der Waals surface area contributed by atoms with Gasteiger partial charge in [-0.3, -0.25) is 0 Å². The SMILES string of the molecule is FC(F)(F)C1=COOC1C(F)(F)F. The molecule has 1 unspecified atom stereocenters. The van der Waals surface area contributed by atoms with Crippen molar-refractivity contribution in [1.29, 1.82) is 0 Å². The monoisotopic (exact) mass is 208 g/mol. The first kappa shape index (κ1) is 10.2. The molecule has 0 spiro atoms. The molecule has 0 aliphatic carbocycles. The van der Waals surface area contributed by atoms with Gasteiger partial charge in [-0.25, -0.2) is 0 Å². The van der Waals surface area contributed by atoms with Gasteiger partial charge in [0.15, 0.2) is 0 Å². The molecule has 0 N–H and O–H groups in total. The molecule has 1 heterocycles. The van der Waals surface area contributed by atoms with E-state index in [0.717, 1.165) is 0 Å². The van der Waals surface area contributed by atoms with E-state index in [0.29, 0.717) is 0 Å². The summed E-state index contributed by atoms with van der Waals surface area (Å²) in [5.74, 6) is 0. The van der Waals surface area contributed by atoms with E-state index < -0.39 is 24.0 Å². The van der Waals surface area contributed by atoms with Gasteiger partial charge in [0.05, 0.1) is 0 Å². The Morgan fingerprint density at radius 2 is 1.62 bits per heavy atom. The molecule has 1 aliphatic rings. The fourth-order valence-electron chi connectivity index (χ4n) is 0.695. The van der Waals surface area contributed by atoms with E-state index in [1.807, 2.05) is 0 Å². The van der Waals surface area contributed by atoms with Gasteiger partial charge in [0, 0.05) is 0 Å². The number of hydrogen-bond acceptors (Lipinski definition) is 2. The molecule has 0 saturated carbocycles. The van der Waals surface area contributed by atoms with Crippen molar-refractivity contribution in [1.82, 2.24) is 0 Å². The van der Waals surface area contributed by atoms with E-state index in [2.05, 4.69) is 9.78 Å². The molecule has 1 atom stereocenters. The van der Waals surface area contributed by atoms with Crippen LogP contribution in [-0.4, -0.2) is 18.5 Å². The second-order valence-electron chi connectivity index (χ2n) is 2.19. The summed E-state index contributed by atoms with van der Waals surface area (Å²) < 4.78 is 70.8. The van der Waals surface area contributed by atoms with Gasteiger partial charge in [0.1, 0.15) is 11.8 Å². The van der Waals surface area contributed by atoms with E-state index in [4.69, 9.17) is 0 Å². The Bertz CT molecular complexity index is 226. The van der Waals surface area contributed by atoms with Crippen LogP contribution in [0.15, 0.2) is 11.8 Å². The van der Waals surface area contributed by atoms with Gasteiger partial charge in [-0.1, -0.05) is 0 Å². The number of hydrogen-bond donors (Lipinski definition) is 0. The highest BCUT2D eigenvalue weighted by atomic mass is 19.4. The molecule has 0 bridgehead atoms. The van der Waals surface area contributed by atoms with Crippen LogP contribution in [0.4, 0.5) is 26.3 Å². The second-order valence-corrected chi connectivity index (χ2v) is 2.19. The predicted octanol–water partition coefficient (Wildman–Crippen LogP) is 2.33. The Kier molecular flexibility index (Phi) is 2.18. The Morgan fingerprint density at radius 1 is 1.08 bits per heavy atom. The van der Waals surface area contributed by atoms with Crippen molar-refractivity contribution in [2.75, 3.05) is 0 Å². The molecule has 76 valence electrons. The van der Waals surface area contributed by atoms with Gasteiger partial charge in [-0.05, 0) is 0 Å². The number of rotatable bonds is 0. The van der Waals surface area contributed by atoms with Crippen molar-refractivity contribution in [3.05, 3.63) is 11.8 Å². The van der Waals surface area contributed by atoms with Gasteiger partial charge in [-0.15, -0.1) is 0 Å². The first-order chi connectivity index (χ1) is 5.73.